The Morgan fingerprint density at radius 2 is 1.60 bits per heavy atom. The van der Waals surface area contributed by atoms with Crippen LogP contribution in [0.1, 0.15) is 58.3 Å². The lowest BCUT2D eigenvalue weighted by atomic mass is 10.1. The Bertz CT molecular complexity index is 1130. The van der Waals surface area contributed by atoms with Gasteiger partial charge in [0.05, 0.1) is 0 Å². The molecule has 0 radical (unpaired) electrons. The molecule has 2 aromatic carbocycles. The van der Waals surface area contributed by atoms with E-state index in [0.717, 1.165) is 34.0 Å². The summed E-state index contributed by atoms with van der Waals surface area (Å²) < 4.78 is 1.07. The molecule has 35 heavy (non-hydrogen) atoms. The first-order chi connectivity index (χ1) is 17.2. The minimum absolute atomic E-state index is 0.416. The molecule has 7 nitrogen and oxygen atoms in total. The largest absolute Gasteiger partial charge is 0.352 e. The maximum Gasteiger partial charge on any atom is 0.233 e. The molecule has 1 aliphatic carbocycles. The predicted molar refractivity (Wildman–Crippen MR) is 149 cm³/mol. The number of likely N-dealkylation sites (tertiary alicyclic amines) is 1. The first-order valence-corrected chi connectivity index (χ1v) is 13.9. The normalized spacial score (nSPS) is 19.5. The van der Waals surface area contributed by atoms with E-state index < -0.39 is 0 Å². The number of rotatable bonds is 8. The number of anilines is 4. The summed E-state index contributed by atoms with van der Waals surface area (Å²) in [6.45, 7) is 5.35. The molecule has 0 bridgehead atoms. The highest BCUT2D eigenvalue weighted by molar-refractivity contribution is 9.10. The summed E-state index contributed by atoms with van der Waals surface area (Å²) in [5, 5.41) is 12.9. The fourth-order valence-electron chi connectivity index (χ4n) is 5.43. The number of aromatic nitrogens is 3. The molecule has 1 saturated heterocycles. The molecule has 1 atom stereocenters. The van der Waals surface area contributed by atoms with Crippen molar-refractivity contribution in [3.63, 3.8) is 0 Å². The van der Waals surface area contributed by atoms with Gasteiger partial charge in [-0.25, -0.2) is 0 Å². The van der Waals surface area contributed by atoms with Gasteiger partial charge < -0.3 is 16.0 Å². The van der Waals surface area contributed by atoms with Crippen LogP contribution >= 0.6 is 15.9 Å². The van der Waals surface area contributed by atoms with Gasteiger partial charge in [0, 0.05) is 34.2 Å². The fraction of sp³-hybridized carbons (Fsp3) is 0.519. The van der Waals surface area contributed by atoms with Gasteiger partial charge >= 0.3 is 0 Å². The van der Waals surface area contributed by atoms with E-state index in [0.29, 0.717) is 29.9 Å². The van der Waals surface area contributed by atoms with Crippen LogP contribution in [-0.4, -0.2) is 51.6 Å². The number of hydrogen-bond donors (Lipinski definition) is 3. The van der Waals surface area contributed by atoms with E-state index in [1.54, 1.807) is 0 Å². The zero-order valence-corrected chi connectivity index (χ0v) is 22.1. The highest BCUT2D eigenvalue weighted by Crippen LogP contribution is 2.31. The summed E-state index contributed by atoms with van der Waals surface area (Å²) in [6.07, 6.45) is 9.98. The maximum absolute atomic E-state index is 4.79. The molecule has 1 saturated carbocycles. The molecule has 0 spiro atoms. The molecular weight excluding hydrogens is 502 g/mol. The Morgan fingerprint density at radius 3 is 2.40 bits per heavy atom. The number of nitrogens with zero attached hydrogens (tertiary/aromatic N) is 4. The number of hydrogen-bond acceptors (Lipinski definition) is 7. The summed E-state index contributed by atoms with van der Waals surface area (Å²) in [6, 6.07) is 13.4. The minimum atomic E-state index is 0.416. The first kappa shape index (κ1) is 24.3. The molecule has 1 aromatic heterocycles. The second-order valence-electron chi connectivity index (χ2n) is 9.71. The molecule has 3 aromatic rings. The van der Waals surface area contributed by atoms with Crippen molar-refractivity contribution < 1.29 is 0 Å². The van der Waals surface area contributed by atoms with Crippen LogP contribution in [-0.2, 0) is 0 Å². The quantitative estimate of drug-likeness (QED) is 0.280. The third kappa shape index (κ3) is 6.04. The molecule has 5 rings (SSSR count). The van der Waals surface area contributed by atoms with E-state index in [1.807, 2.05) is 0 Å². The van der Waals surface area contributed by atoms with Crippen molar-refractivity contribution in [3.8, 4) is 0 Å². The van der Waals surface area contributed by atoms with Crippen LogP contribution in [0.3, 0.4) is 0 Å². The summed E-state index contributed by atoms with van der Waals surface area (Å²) in [7, 11) is 0. The second kappa shape index (κ2) is 11.5. The molecule has 8 heteroatoms. The van der Waals surface area contributed by atoms with Crippen LogP contribution in [0.2, 0.25) is 0 Å². The Kier molecular flexibility index (Phi) is 7.99. The van der Waals surface area contributed by atoms with Crippen molar-refractivity contribution >= 4 is 50.2 Å². The van der Waals surface area contributed by atoms with Crippen molar-refractivity contribution in [2.24, 2.45) is 0 Å². The Hall–Kier alpha value is -2.45. The van der Waals surface area contributed by atoms with Crippen LogP contribution in [0.5, 0.6) is 0 Å². The van der Waals surface area contributed by atoms with Crippen molar-refractivity contribution in [1.82, 2.24) is 19.9 Å². The number of fused-ring (bicyclic) bond motifs is 1. The van der Waals surface area contributed by atoms with Gasteiger partial charge in [0.15, 0.2) is 0 Å². The van der Waals surface area contributed by atoms with Crippen LogP contribution in [0.4, 0.5) is 23.5 Å². The van der Waals surface area contributed by atoms with E-state index in [-0.39, 0.29) is 0 Å². The SMILES string of the molecule is CCN1CCCC1CNc1nc(Nc2ccc(Br)c3ccccc23)nc(NC2CCCCCC2)n1. The van der Waals surface area contributed by atoms with Crippen molar-refractivity contribution in [2.45, 2.75) is 70.4 Å². The fourth-order valence-corrected chi connectivity index (χ4v) is 5.90. The summed E-state index contributed by atoms with van der Waals surface area (Å²) >= 11 is 3.67. The van der Waals surface area contributed by atoms with Crippen molar-refractivity contribution in [3.05, 3.63) is 40.9 Å². The van der Waals surface area contributed by atoms with Crippen molar-refractivity contribution in [2.75, 3.05) is 35.6 Å². The van der Waals surface area contributed by atoms with Gasteiger partial charge in [0.1, 0.15) is 0 Å². The Labute approximate surface area is 216 Å². The first-order valence-electron chi connectivity index (χ1n) is 13.1. The number of halogens is 1. The lowest BCUT2D eigenvalue weighted by Crippen LogP contribution is -2.35. The third-order valence-electron chi connectivity index (χ3n) is 7.34. The lowest BCUT2D eigenvalue weighted by molar-refractivity contribution is 0.277. The number of nitrogens with one attached hydrogen (secondary N) is 3. The van der Waals surface area contributed by atoms with Crippen LogP contribution in [0.15, 0.2) is 40.9 Å². The van der Waals surface area contributed by atoms with E-state index >= 15 is 0 Å². The third-order valence-corrected chi connectivity index (χ3v) is 8.03. The highest BCUT2D eigenvalue weighted by Gasteiger charge is 2.23. The van der Waals surface area contributed by atoms with Gasteiger partial charge in [-0.3, -0.25) is 4.90 Å². The average molecular weight is 539 g/mol. The summed E-state index contributed by atoms with van der Waals surface area (Å²) in [5.41, 5.74) is 0.981. The second-order valence-corrected chi connectivity index (χ2v) is 10.6. The molecule has 3 N–H and O–H groups in total. The minimum Gasteiger partial charge on any atom is -0.352 e. The van der Waals surface area contributed by atoms with Gasteiger partial charge in [-0.05, 0) is 56.3 Å². The predicted octanol–water partition coefficient (Wildman–Crippen LogP) is 6.56. The molecule has 2 fully saturated rings. The van der Waals surface area contributed by atoms with E-state index in [9.17, 15) is 0 Å². The lowest BCUT2D eigenvalue weighted by Gasteiger charge is -2.23. The smallest absolute Gasteiger partial charge is 0.233 e. The zero-order chi connectivity index (χ0) is 24.0. The molecule has 0 amide bonds. The standard InChI is InChI=1S/C27H36BrN7/c1-2-35-17-9-12-20(35)18-29-25-32-26(30-19-10-5-3-4-6-11-19)34-27(33-25)31-24-16-15-23(28)21-13-7-8-14-22(21)24/h7-8,13-16,19-20H,2-6,9-12,17-18H2,1H3,(H3,29,30,31,32,33,34). The molecule has 1 aliphatic heterocycles. The molecular formula is C27H36BrN7. The molecule has 2 aliphatic rings. The van der Waals surface area contributed by atoms with Crippen LogP contribution < -0.4 is 16.0 Å². The van der Waals surface area contributed by atoms with Gasteiger partial charge in [-0.1, -0.05) is 72.8 Å². The van der Waals surface area contributed by atoms with Gasteiger partial charge in [0.2, 0.25) is 17.8 Å². The Morgan fingerprint density at radius 1 is 0.857 bits per heavy atom. The average Bonchev–Trinajstić information content (AvgIpc) is 3.19. The Balaban J connectivity index is 1.40. The van der Waals surface area contributed by atoms with E-state index in [2.05, 4.69) is 80.1 Å². The molecule has 2 heterocycles. The monoisotopic (exact) mass is 537 g/mol. The molecule has 186 valence electrons. The van der Waals surface area contributed by atoms with Gasteiger partial charge in [0.25, 0.3) is 0 Å². The topological polar surface area (TPSA) is 78.0 Å². The maximum atomic E-state index is 4.79. The number of likely N-dealkylation sites (N-methyl/N-ethyl adjacent to an activating group) is 1. The van der Waals surface area contributed by atoms with Gasteiger partial charge in [-0.2, -0.15) is 15.0 Å². The van der Waals surface area contributed by atoms with Gasteiger partial charge in [-0.15, -0.1) is 0 Å². The summed E-state index contributed by atoms with van der Waals surface area (Å²) in [4.78, 5) is 16.9. The summed E-state index contributed by atoms with van der Waals surface area (Å²) in [5.74, 6) is 1.84. The van der Waals surface area contributed by atoms with Crippen LogP contribution in [0.25, 0.3) is 10.8 Å². The van der Waals surface area contributed by atoms with E-state index in [4.69, 9.17) is 15.0 Å². The number of benzene rings is 2. The highest BCUT2D eigenvalue weighted by atomic mass is 79.9. The van der Waals surface area contributed by atoms with E-state index in [1.165, 1.54) is 57.9 Å². The molecule has 1 unspecified atom stereocenters. The van der Waals surface area contributed by atoms with Crippen LogP contribution in [0, 0.1) is 0 Å². The zero-order valence-electron chi connectivity index (χ0n) is 20.6. The van der Waals surface area contributed by atoms with Crippen molar-refractivity contribution in [1.29, 1.82) is 0 Å².